The number of ether oxygens (including phenoxy) is 1. The number of rotatable bonds is 2. The lowest BCUT2D eigenvalue weighted by molar-refractivity contribution is -0.0249. The molecule has 0 aromatic carbocycles. The molecule has 0 spiro atoms. The first-order chi connectivity index (χ1) is 8.61. The van der Waals surface area contributed by atoms with Crippen molar-refractivity contribution in [3.63, 3.8) is 0 Å². The number of hydrogen-bond acceptors (Lipinski definition) is 5. The molecule has 1 fully saturated rings. The first-order valence-corrected chi connectivity index (χ1v) is 5.92. The van der Waals surface area contributed by atoms with Gasteiger partial charge >= 0.3 is 5.69 Å². The molecule has 0 amide bonds. The monoisotopic (exact) mass is 259 g/mol. The Morgan fingerprint density at radius 1 is 1.61 bits per heavy atom. The van der Waals surface area contributed by atoms with E-state index >= 15 is 0 Å². The fourth-order valence-corrected chi connectivity index (χ4v) is 1.69. The SMILES string of the molecule is CC.Nc1nc(=O)n([C@@H]2CC[C@H](CO)O2)cc1F. The lowest BCUT2D eigenvalue weighted by Gasteiger charge is -2.14. The van der Waals surface area contributed by atoms with Crippen LogP contribution >= 0.6 is 0 Å². The summed E-state index contributed by atoms with van der Waals surface area (Å²) in [5.41, 5.74) is 4.51. The molecule has 6 nitrogen and oxygen atoms in total. The van der Waals surface area contributed by atoms with Crippen molar-refractivity contribution in [1.82, 2.24) is 9.55 Å². The molecule has 0 saturated carbocycles. The van der Waals surface area contributed by atoms with E-state index in [9.17, 15) is 9.18 Å². The van der Waals surface area contributed by atoms with Crippen LogP contribution in [0, 0.1) is 5.82 Å². The predicted molar refractivity (Wildman–Crippen MR) is 64.4 cm³/mol. The molecular formula is C11H18FN3O3. The highest BCUT2D eigenvalue weighted by Gasteiger charge is 2.27. The van der Waals surface area contributed by atoms with Crippen molar-refractivity contribution in [2.24, 2.45) is 0 Å². The Bertz CT molecular complexity index is 450. The van der Waals surface area contributed by atoms with E-state index < -0.39 is 23.6 Å². The van der Waals surface area contributed by atoms with Crippen LogP contribution in [-0.4, -0.2) is 27.4 Å². The number of nitrogens with zero attached hydrogens (tertiary/aromatic N) is 2. The number of nitrogens with two attached hydrogens (primary N) is 1. The third-order valence-corrected chi connectivity index (χ3v) is 2.53. The molecule has 1 saturated heterocycles. The number of aromatic nitrogens is 2. The summed E-state index contributed by atoms with van der Waals surface area (Å²) in [5, 5.41) is 8.88. The van der Waals surface area contributed by atoms with E-state index in [1.54, 1.807) is 0 Å². The minimum Gasteiger partial charge on any atom is -0.394 e. The van der Waals surface area contributed by atoms with Crippen molar-refractivity contribution < 1.29 is 14.2 Å². The van der Waals surface area contributed by atoms with Crippen molar-refractivity contribution in [2.45, 2.75) is 39.0 Å². The molecule has 2 rings (SSSR count). The Hall–Kier alpha value is -1.47. The number of aliphatic hydroxyl groups excluding tert-OH is 1. The van der Waals surface area contributed by atoms with Gasteiger partial charge in [0.05, 0.1) is 18.9 Å². The molecular weight excluding hydrogens is 241 g/mol. The van der Waals surface area contributed by atoms with Gasteiger partial charge in [-0.25, -0.2) is 9.18 Å². The van der Waals surface area contributed by atoms with Gasteiger partial charge < -0.3 is 15.6 Å². The van der Waals surface area contributed by atoms with Crippen LogP contribution in [-0.2, 0) is 4.74 Å². The molecule has 3 N–H and O–H groups in total. The summed E-state index contributed by atoms with van der Waals surface area (Å²) in [7, 11) is 0. The van der Waals surface area contributed by atoms with Crippen LogP contribution in [0.2, 0.25) is 0 Å². The van der Waals surface area contributed by atoms with Gasteiger partial charge in [0.25, 0.3) is 0 Å². The van der Waals surface area contributed by atoms with Gasteiger partial charge in [-0.2, -0.15) is 4.98 Å². The molecule has 18 heavy (non-hydrogen) atoms. The predicted octanol–water partition coefficient (Wildman–Crippen LogP) is 0.661. The number of nitrogen functional groups attached to an aromatic ring is 1. The van der Waals surface area contributed by atoms with Crippen molar-refractivity contribution in [3.05, 3.63) is 22.5 Å². The van der Waals surface area contributed by atoms with Gasteiger partial charge in [0.15, 0.2) is 11.6 Å². The lowest BCUT2D eigenvalue weighted by atomic mass is 10.2. The largest absolute Gasteiger partial charge is 0.394 e. The van der Waals surface area contributed by atoms with Gasteiger partial charge in [-0.3, -0.25) is 4.57 Å². The third-order valence-electron chi connectivity index (χ3n) is 2.53. The van der Waals surface area contributed by atoms with Gasteiger partial charge in [-0.15, -0.1) is 0 Å². The fraction of sp³-hybridized carbons (Fsp3) is 0.636. The summed E-state index contributed by atoms with van der Waals surface area (Å²) in [6, 6.07) is 0. The van der Waals surface area contributed by atoms with Gasteiger partial charge in [0, 0.05) is 0 Å². The summed E-state index contributed by atoms with van der Waals surface area (Å²) < 4.78 is 19.5. The second-order valence-corrected chi connectivity index (χ2v) is 3.64. The van der Waals surface area contributed by atoms with Crippen molar-refractivity contribution in [1.29, 1.82) is 0 Å². The van der Waals surface area contributed by atoms with Crippen molar-refractivity contribution in [3.8, 4) is 0 Å². The first kappa shape index (κ1) is 14.6. The molecule has 1 aliphatic heterocycles. The number of aliphatic hydroxyl groups is 1. The van der Waals surface area contributed by atoms with E-state index in [0.717, 1.165) is 10.8 Å². The molecule has 0 aliphatic carbocycles. The van der Waals surface area contributed by atoms with Crippen LogP contribution < -0.4 is 11.4 Å². The maximum Gasteiger partial charge on any atom is 0.351 e. The smallest absolute Gasteiger partial charge is 0.351 e. The van der Waals surface area contributed by atoms with Crippen molar-refractivity contribution in [2.75, 3.05) is 12.3 Å². The second-order valence-electron chi connectivity index (χ2n) is 3.64. The minimum atomic E-state index is -0.754. The van der Waals surface area contributed by atoms with E-state index in [4.69, 9.17) is 15.6 Å². The summed E-state index contributed by atoms with van der Waals surface area (Å²) in [4.78, 5) is 14.8. The van der Waals surface area contributed by atoms with E-state index in [1.165, 1.54) is 0 Å². The summed E-state index contributed by atoms with van der Waals surface area (Å²) in [6.07, 6.45) is 1.26. The standard InChI is InChI=1S/C9H12FN3O3.C2H6/c10-6-3-13(9(15)12-8(6)11)7-2-1-5(4-14)16-7;1-2/h3,5,7,14H,1-2,4H2,(H2,11,12,15);1-2H3/t5-,7+;/m1./s1. The zero-order chi connectivity index (χ0) is 13.7. The minimum absolute atomic E-state index is 0.115. The van der Waals surface area contributed by atoms with E-state index in [1.807, 2.05) is 13.8 Å². The quantitative estimate of drug-likeness (QED) is 0.814. The van der Waals surface area contributed by atoms with Crippen LogP contribution in [0.5, 0.6) is 0 Å². The number of hydrogen-bond donors (Lipinski definition) is 2. The first-order valence-electron chi connectivity index (χ1n) is 5.92. The normalized spacial score (nSPS) is 22.4. The van der Waals surface area contributed by atoms with E-state index in [-0.39, 0.29) is 12.7 Å². The van der Waals surface area contributed by atoms with Crippen LogP contribution in [0.4, 0.5) is 10.2 Å². The highest BCUT2D eigenvalue weighted by Crippen LogP contribution is 2.26. The molecule has 1 aromatic rings. The van der Waals surface area contributed by atoms with E-state index in [0.29, 0.717) is 12.8 Å². The van der Waals surface area contributed by atoms with Crippen molar-refractivity contribution >= 4 is 5.82 Å². The molecule has 0 radical (unpaired) electrons. The average Bonchev–Trinajstić information content (AvgIpc) is 2.85. The molecule has 0 unspecified atom stereocenters. The Morgan fingerprint density at radius 3 is 2.83 bits per heavy atom. The van der Waals surface area contributed by atoms with Crippen LogP contribution in [0.1, 0.15) is 32.9 Å². The molecule has 7 heteroatoms. The maximum atomic E-state index is 13.1. The van der Waals surface area contributed by atoms with E-state index in [2.05, 4.69) is 4.98 Å². The van der Waals surface area contributed by atoms with Crippen LogP contribution in [0.15, 0.2) is 11.0 Å². The van der Waals surface area contributed by atoms with Gasteiger partial charge in [-0.05, 0) is 12.8 Å². The highest BCUT2D eigenvalue weighted by atomic mass is 19.1. The summed E-state index contributed by atoms with van der Waals surface area (Å²) >= 11 is 0. The van der Waals surface area contributed by atoms with Gasteiger partial charge in [-0.1, -0.05) is 13.8 Å². The lowest BCUT2D eigenvalue weighted by Crippen LogP contribution is -2.28. The average molecular weight is 259 g/mol. The summed E-state index contributed by atoms with van der Waals surface area (Å²) in [6.45, 7) is 3.89. The Labute approximate surface area is 104 Å². The maximum absolute atomic E-state index is 13.1. The van der Waals surface area contributed by atoms with Gasteiger partial charge in [0.2, 0.25) is 0 Å². The highest BCUT2D eigenvalue weighted by molar-refractivity contribution is 5.26. The molecule has 2 heterocycles. The Morgan fingerprint density at radius 2 is 2.28 bits per heavy atom. The zero-order valence-electron chi connectivity index (χ0n) is 10.5. The topological polar surface area (TPSA) is 90.4 Å². The summed E-state index contributed by atoms with van der Waals surface area (Å²) in [5.74, 6) is -1.17. The molecule has 1 aliphatic rings. The van der Waals surface area contributed by atoms with Crippen LogP contribution in [0.3, 0.4) is 0 Å². The molecule has 1 aromatic heterocycles. The fourth-order valence-electron chi connectivity index (χ4n) is 1.69. The molecule has 0 bridgehead atoms. The Kier molecular flexibility index (Phi) is 5.24. The number of halogens is 1. The molecule has 2 atom stereocenters. The van der Waals surface area contributed by atoms with Crippen LogP contribution in [0.25, 0.3) is 0 Å². The molecule has 102 valence electrons. The zero-order valence-corrected chi connectivity index (χ0v) is 10.5. The second kappa shape index (κ2) is 6.46. The van der Waals surface area contributed by atoms with Gasteiger partial charge in [0.1, 0.15) is 6.23 Å². The number of anilines is 1. The third kappa shape index (κ3) is 3.05. The Balaban J connectivity index is 0.000000771.